The molecule has 25 heavy (non-hydrogen) atoms. The predicted molar refractivity (Wildman–Crippen MR) is 95.3 cm³/mol. The van der Waals surface area contributed by atoms with Gasteiger partial charge in [0.1, 0.15) is 11.3 Å². The molecule has 134 valence electrons. The summed E-state index contributed by atoms with van der Waals surface area (Å²) in [5, 5.41) is 3.27. The highest BCUT2D eigenvalue weighted by Crippen LogP contribution is 2.16. The van der Waals surface area contributed by atoms with Crippen molar-refractivity contribution < 1.29 is 14.3 Å². The highest BCUT2D eigenvalue weighted by molar-refractivity contribution is 5.97. The van der Waals surface area contributed by atoms with Crippen molar-refractivity contribution in [3.63, 3.8) is 0 Å². The average Bonchev–Trinajstić information content (AvgIpc) is 2.66. The third-order valence-corrected chi connectivity index (χ3v) is 4.37. The standard InChI is InChI=1S/C18H23N3O4/c1-24-13-3-4-16-14(11-13)17(22)15(12-20-16)18(23)19-5-2-6-21-7-9-25-10-8-21/h3-4,11-12H,2,5-10H2,1H3,(H,19,23)(H,20,22). The summed E-state index contributed by atoms with van der Waals surface area (Å²) in [4.78, 5) is 30.2. The van der Waals surface area contributed by atoms with E-state index in [2.05, 4.69) is 15.2 Å². The summed E-state index contributed by atoms with van der Waals surface area (Å²) in [6, 6.07) is 5.17. The predicted octanol–water partition coefficient (Wildman–Crippen LogP) is 0.989. The second-order valence-corrected chi connectivity index (χ2v) is 6.01. The maximum absolute atomic E-state index is 12.6. The van der Waals surface area contributed by atoms with Gasteiger partial charge in [-0.1, -0.05) is 0 Å². The van der Waals surface area contributed by atoms with Crippen molar-refractivity contribution in [1.82, 2.24) is 15.2 Å². The van der Waals surface area contributed by atoms with Crippen LogP contribution in [0, 0.1) is 0 Å². The quantitative estimate of drug-likeness (QED) is 0.763. The molecule has 1 aromatic heterocycles. The third kappa shape index (κ3) is 4.18. The van der Waals surface area contributed by atoms with Gasteiger partial charge < -0.3 is 19.8 Å². The SMILES string of the molecule is COc1ccc2[nH]cc(C(=O)NCCCN3CCOCC3)c(=O)c2c1. The first-order valence-corrected chi connectivity index (χ1v) is 8.47. The molecule has 1 aliphatic rings. The van der Waals surface area contributed by atoms with Crippen LogP contribution in [-0.4, -0.2) is 62.3 Å². The fourth-order valence-electron chi connectivity index (χ4n) is 2.92. The molecular formula is C18H23N3O4. The minimum Gasteiger partial charge on any atom is -0.497 e. The highest BCUT2D eigenvalue weighted by Gasteiger charge is 2.14. The molecule has 0 aliphatic carbocycles. The number of hydrogen-bond acceptors (Lipinski definition) is 5. The molecule has 1 amide bonds. The second kappa shape index (κ2) is 8.13. The van der Waals surface area contributed by atoms with Crippen LogP contribution in [0.15, 0.2) is 29.2 Å². The number of methoxy groups -OCH3 is 1. The van der Waals surface area contributed by atoms with Gasteiger partial charge in [0.15, 0.2) is 0 Å². The summed E-state index contributed by atoms with van der Waals surface area (Å²) in [5.41, 5.74) is 0.500. The number of amides is 1. The van der Waals surface area contributed by atoms with Crippen molar-refractivity contribution in [2.45, 2.75) is 6.42 Å². The Morgan fingerprint density at radius 2 is 2.16 bits per heavy atom. The molecule has 7 heteroatoms. The van der Waals surface area contributed by atoms with Gasteiger partial charge in [-0.25, -0.2) is 0 Å². The summed E-state index contributed by atoms with van der Waals surface area (Å²) >= 11 is 0. The molecular weight excluding hydrogens is 322 g/mol. The number of aromatic nitrogens is 1. The molecule has 0 unspecified atom stereocenters. The Morgan fingerprint density at radius 1 is 1.36 bits per heavy atom. The normalized spacial score (nSPS) is 15.2. The molecule has 0 radical (unpaired) electrons. The van der Waals surface area contributed by atoms with Crippen molar-refractivity contribution in [2.75, 3.05) is 46.5 Å². The van der Waals surface area contributed by atoms with E-state index in [0.29, 0.717) is 23.2 Å². The molecule has 1 saturated heterocycles. The number of aromatic amines is 1. The Bertz CT molecular complexity index is 796. The van der Waals surface area contributed by atoms with Gasteiger partial charge in [-0.3, -0.25) is 14.5 Å². The maximum Gasteiger partial charge on any atom is 0.256 e. The number of H-pyrrole nitrogens is 1. The fourth-order valence-corrected chi connectivity index (χ4v) is 2.92. The van der Waals surface area contributed by atoms with Crippen LogP contribution in [0.1, 0.15) is 16.8 Å². The number of benzene rings is 1. The highest BCUT2D eigenvalue weighted by atomic mass is 16.5. The molecule has 1 aromatic carbocycles. The lowest BCUT2D eigenvalue weighted by Gasteiger charge is -2.26. The van der Waals surface area contributed by atoms with Crippen LogP contribution in [0.3, 0.4) is 0 Å². The number of rotatable bonds is 6. The Morgan fingerprint density at radius 3 is 2.92 bits per heavy atom. The number of carbonyl (C=O) groups excluding carboxylic acids is 1. The van der Waals surface area contributed by atoms with Crippen LogP contribution in [0.25, 0.3) is 10.9 Å². The molecule has 1 fully saturated rings. The molecule has 2 heterocycles. The summed E-state index contributed by atoms with van der Waals surface area (Å²) in [6.07, 6.45) is 2.31. The van der Waals surface area contributed by atoms with Crippen molar-refractivity contribution in [1.29, 1.82) is 0 Å². The summed E-state index contributed by atoms with van der Waals surface area (Å²) in [6.45, 7) is 4.84. The van der Waals surface area contributed by atoms with Crippen molar-refractivity contribution in [3.8, 4) is 5.75 Å². The van der Waals surface area contributed by atoms with Crippen LogP contribution in [0.4, 0.5) is 0 Å². The second-order valence-electron chi connectivity index (χ2n) is 6.01. The molecule has 7 nitrogen and oxygen atoms in total. The molecule has 1 aliphatic heterocycles. The van der Waals surface area contributed by atoms with Crippen LogP contribution in [0.5, 0.6) is 5.75 Å². The summed E-state index contributed by atoms with van der Waals surface area (Å²) in [7, 11) is 1.54. The number of pyridine rings is 1. The molecule has 2 aromatic rings. The summed E-state index contributed by atoms with van der Waals surface area (Å²) < 4.78 is 10.5. The van der Waals surface area contributed by atoms with Gasteiger partial charge in [0.2, 0.25) is 5.43 Å². The van der Waals surface area contributed by atoms with E-state index >= 15 is 0 Å². The van der Waals surface area contributed by atoms with E-state index in [9.17, 15) is 9.59 Å². The Labute approximate surface area is 145 Å². The number of hydrogen-bond donors (Lipinski definition) is 2. The molecule has 2 N–H and O–H groups in total. The van der Waals surface area contributed by atoms with Gasteiger partial charge >= 0.3 is 0 Å². The third-order valence-electron chi connectivity index (χ3n) is 4.37. The first-order chi connectivity index (χ1) is 12.2. The zero-order valence-electron chi connectivity index (χ0n) is 14.3. The van der Waals surface area contributed by atoms with Gasteiger partial charge in [-0.05, 0) is 31.2 Å². The van der Waals surface area contributed by atoms with Gasteiger partial charge in [0.05, 0.1) is 20.3 Å². The number of morpholine rings is 1. The van der Waals surface area contributed by atoms with Gasteiger partial charge in [-0.15, -0.1) is 0 Å². The lowest BCUT2D eigenvalue weighted by Crippen LogP contribution is -2.38. The molecule has 0 bridgehead atoms. The van der Waals surface area contributed by atoms with Gasteiger partial charge in [0.25, 0.3) is 5.91 Å². The fraction of sp³-hybridized carbons (Fsp3) is 0.444. The van der Waals surface area contributed by atoms with E-state index < -0.39 is 0 Å². The molecule has 3 rings (SSSR count). The van der Waals surface area contributed by atoms with E-state index in [4.69, 9.17) is 9.47 Å². The Hall–Kier alpha value is -2.38. The van der Waals surface area contributed by atoms with Crippen LogP contribution in [0.2, 0.25) is 0 Å². The minimum atomic E-state index is -0.354. The minimum absolute atomic E-state index is 0.118. The monoisotopic (exact) mass is 345 g/mol. The lowest BCUT2D eigenvalue weighted by atomic mass is 10.1. The number of ether oxygens (including phenoxy) is 2. The Balaban J connectivity index is 1.61. The van der Waals surface area contributed by atoms with Crippen LogP contribution < -0.4 is 15.5 Å². The van der Waals surface area contributed by atoms with Gasteiger partial charge in [-0.2, -0.15) is 0 Å². The molecule has 0 saturated carbocycles. The molecule has 0 spiro atoms. The van der Waals surface area contributed by atoms with Crippen LogP contribution >= 0.6 is 0 Å². The first-order valence-electron chi connectivity index (χ1n) is 8.47. The van der Waals surface area contributed by atoms with Crippen molar-refractivity contribution in [3.05, 3.63) is 40.2 Å². The van der Waals surface area contributed by atoms with E-state index in [0.717, 1.165) is 39.3 Å². The number of carbonyl (C=O) groups is 1. The average molecular weight is 345 g/mol. The largest absolute Gasteiger partial charge is 0.497 e. The summed E-state index contributed by atoms with van der Waals surface area (Å²) in [5.74, 6) is 0.231. The van der Waals surface area contributed by atoms with E-state index in [1.54, 1.807) is 25.3 Å². The molecule has 0 atom stereocenters. The first kappa shape index (κ1) is 17.4. The number of nitrogens with zero attached hydrogens (tertiary/aromatic N) is 1. The Kier molecular flexibility index (Phi) is 5.67. The van der Waals surface area contributed by atoms with E-state index in [1.165, 1.54) is 6.20 Å². The lowest BCUT2D eigenvalue weighted by molar-refractivity contribution is 0.0374. The van der Waals surface area contributed by atoms with E-state index in [-0.39, 0.29) is 16.9 Å². The van der Waals surface area contributed by atoms with Crippen LogP contribution in [-0.2, 0) is 4.74 Å². The smallest absolute Gasteiger partial charge is 0.256 e. The van der Waals surface area contributed by atoms with E-state index in [1.807, 2.05) is 0 Å². The van der Waals surface area contributed by atoms with Crippen molar-refractivity contribution >= 4 is 16.8 Å². The number of nitrogens with one attached hydrogen (secondary N) is 2. The van der Waals surface area contributed by atoms with Gasteiger partial charge in [0, 0.05) is 36.7 Å². The topological polar surface area (TPSA) is 83.7 Å². The zero-order chi connectivity index (χ0) is 17.6. The maximum atomic E-state index is 12.6. The number of fused-ring (bicyclic) bond motifs is 1. The van der Waals surface area contributed by atoms with Crippen molar-refractivity contribution in [2.24, 2.45) is 0 Å². The zero-order valence-corrected chi connectivity index (χ0v) is 14.3.